The predicted octanol–water partition coefficient (Wildman–Crippen LogP) is 4.53. The highest BCUT2D eigenvalue weighted by Gasteiger charge is 2.36. The smallest absolute Gasteiger partial charge is 0.226 e. The third-order valence-corrected chi connectivity index (χ3v) is 6.63. The minimum atomic E-state index is -1.05. The number of nitrogens with zero attached hydrogens (tertiary/aromatic N) is 5. The zero-order valence-electron chi connectivity index (χ0n) is 19.3. The maximum absolute atomic E-state index is 14.0. The summed E-state index contributed by atoms with van der Waals surface area (Å²) in [6.07, 6.45) is 6.03. The number of halogens is 2. The van der Waals surface area contributed by atoms with Gasteiger partial charge in [0.15, 0.2) is 17.2 Å². The molecular weight excluding hydrogens is 466 g/mol. The SMILES string of the molecule is Nc1ncnc2c1c(-c1ccc(Oc3cccc(F)c3F)cc1)nn2C1CCCN(C(=O)[C@@H]2[CH]C2)C1. The van der Waals surface area contributed by atoms with E-state index in [0.717, 1.165) is 37.4 Å². The van der Waals surface area contributed by atoms with E-state index in [1.807, 2.05) is 16.0 Å². The number of fused-ring (bicyclic) bond motifs is 1. The Morgan fingerprint density at radius 2 is 1.92 bits per heavy atom. The van der Waals surface area contributed by atoms with Crippen LogP contribution in [0.3, 0.4) is 0 Å². The number of amides is 1. The Kier molecular flexibility index (Phi) is 5.50. The van der Waals surface area contributed by atoms with Crippen LogP contribution in [-0.2, 0) is 4.79 Å². The molecule has 0 spiro atoms. The van der Waals surface area contributed by atoms with Crippen molar-refractivity contribution in [1.82, 2.24) is 24.6 Å². The number of aromatic nitrogens is 4. The monoisotopic (exact) mass is 489 g/mol. The molecule has 2 fully saturated rings. The Morgan fingerprint density at radius 3 is 2.69 bits per heavy atom. The molecule has 8 nitrogen and oxygen atoms in total. The molecule has 183 valence electrons. The highest BCUT2D eigenvalue weighted by Crippen LogP contribution is 2.36. The van der Waals surface area contributed by atoms with Gasteiger partial charge in [0.05, 0.1) is 11.4 Å². The summed E-state index contributed by atoms with van der Waals surface area (Å²) in [4.78, 5) is 23.2. The second-order valence-electron chi connectivity index (χ2n) is 9.09. The lowest BCUT2D eigenvalue weighted by Gasteiger charge is -2.33. The quantitative estimate of drug-likeness (QED) is 0.442. The average molecular weight is 490 g/mol. The number of carbonyl (C=O) groups excluding carboxylic acids is 1. The van der Waals surface area contributed by atoms with Gasteiger partial charge in [-0.2, -0.15) is 9.49 Å². The van der Waals surface area contributed by atoms with Gasteiger partial charge in [0.2, 0.25) is 11.7 Å². The fourth-order valence-electron chi connectivity index (χ4n) is 4.68. The lowest BCUT2D eigenvalue weighted by atomic mass is 10.1. The van der Waals surface area contributed by atoms with Crippen LogP contribution in [0.2, 0.25) is 0 Å². The fraction of sp³-hybridized carbons (Fsp3) is 0.269. The molecule has 1 saturated heterocycles. The second kappa shape index (κ2) is 8.85. The third-order valence-electron chi connectivity index (χ3n) is 6.63. The van der Waals surface area contributed by atoms with Crippen LogP contribution in [-0.4, -0.2) is 43.6 Å². The summed E-state index contributed by atoms with van der Waals surface area (Å²) in [6, 6.07) is 10.6. The van der Waals surface area contributed by atoms with Crippen LogP contribution in [0.5, 0.6) is 11.5 Å². The van der Waals surface area contributed by atoms with E-state index < -0.39 is 11.6 Å². The first-order valence-corrected chi connectivity index (χ1v) is 11.8. The molecule has 2 N–H and O–H groups in total. The lowest BCUT2D eigenvalue weighted by molar-refractivity contribution is -0.133. The van der Waals surface area contributed by atoms with Crippen molar-refractivity contribution in [2.75, 3.05) is 18.8 Å². The van der Waals surface area contributed by atoms with Gasteiger partial charge in [0, 0.05) is 24.6 Å². The molecule has 1 radical (unpaired) electrons. The van der Waals surface area contributed by atoms with Crippen LogP contribution in [0.1, 0.15) is 25.3 Å². The highest BCUT2D eigenvalue weighted by molar-refractivity contribution is 5.98. The fourth-order valence-corrected chi connectivity index (χ4v) is 4.68. The minimum absolute atomic E-state index is 0.0365. The predicted molar refractivity (Wildman–Crippen MR) is 129 cm³/mol. The van der Waals surface area contributed by atoms with Gasteiger partial charge in [-0.05, 0) is 62.1 Å². The van der Waals surface area contributed by atoms with Gasteiger partial charge >= 0.3 is 0 Å². The highest BCUT2D eigenvalue weighted by atomic mass is 19.2. The van der Waals surface area contributed by atoms with Gasteiger partial charge in [0.25, 0.3) is 0 Å². The van der Waals surface area contributed by atoms with Gasteiger partial charge in [-0.3, -0.25) is 4.79 Å². The summed E-state index contributed by atoms with van der Waals surface area (Å²) in [5.74, 6) is -1.35. The number of carbonyl (C=O) groups is 1. The summed E-state index contributed by atoms with van der Waals surface area (Å²) in [5, 5.41) is 5.50. The zero-order chi connectivity index (χ0) is 24.8. The molecule has 2 atom stereocenters. The number of likely N-dealkylation sites (tertiary alicyclic amines) is 1. The largest absolute Gasteiger partial charge is 0.454 e. The Balaban J connectivity index is 1.32. The van der Waals surface area contributed by atoms with Crippen molar-refractivity contribution in [2.45, 2.75) is 25.3 Å². The first-order valence-electron chi connectivity index (χ1n) is 11.8. The van der Waals surface area contributed by atoms with Gasteiger partial charge in [-0.25, -0.2) is 19.0 Å². The van der Waals surface area contributed by atoms with E-state index in [4.69, 9.17) is 15.6 Å². The Morgan fingerprint density at radius 1 is 1.11 bits per heavy atom. The molecule has 2 aliphatic rings. The van der Waals surface area contributed by atoms with Crippen molar-refractivity contribution in [3.8, 4) is 22.8 Å². The molecule has 1 saturated carbocycles. The molecule has 1 aliphatic heterocycles. The van der Waals surface area contributed by atoms with Crippen molar-refractivity contribution >= 4 is 22.8 Å². The molecule has 2 aromatic heterocycles. The first kappa shape index (κ1) is 22.4. The molecule has 0 bridgehead atoms. The molecule has 6 rings (SSSR count). The number of anilines is 1. The van der Waals surface area contributed by atoms with E-state index in [1.54, 1.807) is 24.3 Å². The number of hydrogen-bond donors (Lipinski definition) is 1. The third kappa shape index (κ3) is 4.02. The van der Waals surface area contributed by atoms with Crippen LogP contribution in [0, 0.1) is 24.0 Å². The number of rotatable bonds is 5. The van der Waals surface area contributed by atoms with E-state index in [1.165, 1.54) is 18.5 Å². The van der Waals surface area contributed by atoms with Crippen molar-refractivity contribution in [3.05, 3.63) is 66.8 Å². The van der Waals surface area contributed by atoms with Gasteiger partial charge in [-0.15, -0.1) is 0 Å². The van der Waals surface area contributed by atoms with E-state index in [0.29, 0.717) is 34.8 Å². The molecule has 1 amide bonds. The number of ether oxygens (including phenoxy) is 1. The summed E-state index contributed by atoms with van der Waals surface area (Å²) in [7, 11) is 0. The molecule has 4 aromatic rings. The zero-order valence-corrected chi connectivity index (χ0v) is 19.3. The summed E-state index contributed by atoms with van der Waals surface area (Å²) in [6.45, 7) is 1.31. The Labute approximate surface area is 205 Å². The maximum atomic E-state index is 14.0. The lowest BCUT2D eigenvalue weighted by Crippen LogP contribution is -2.41. The summed E-state index contributed by atoms with van der Waals surface area (Å²) >= 11 is 0. The van der Waals surface area contributed by atoms with E-state index in [-0.39, 0.29) is 23.6 Å². The van der Waals surface area contributed by atoms with E-state index in [9.17, 15) is 13.6 Å². The van der Waals surface area contributed by atoms with Crippen LogP contribution >= 0.6 is 0 Å². The molecule has 2 aromatic carbocycles. The molecule has 3 heterocycles. The summed E-state index contributed by atoms with van der Waals surface area (Å²) in [5.41, 5.74) is 8.20. The van der Waals surface area contributed by atoms with Crippen molar-refractivity contribution in [3.63, 3.8) is 0 Å². The minimum Gasteiger partial charge on any atom is -0.454 e. The molecule has 36 heavy (non-hydrogen) atoms. The standard InChI is InChI=1S/C26H23F2N6O2/c27-19-4-1-5-20(22(19)28)36-18-10-8-15(9-11-18)23-21-24(29)30-14-31-25(21)34(32-23)17-3-2-12-33(13-17)26(35)16-6-7-16/h1,4-6,8-11,14,16-17H,2-3,7,12-13H2,(H2,29,30,31)/t16-,17?/m1/s1. The van der Waals surface area contributed by atoms with Crippen LogP contribution in [0.25, 0.3) is 22.3 Å². The Bertz CT molecular complexity index is 1450. The topological polar surface area (TPSA) is 99.2 Å². The number of piperidine rings is 1. The van der Waals surface area contributed by atoms with Gasteiger partial charge in [-0.1, -0.05) is 6.07 Å². The Hall–Kier alpha value is -4.08. The molecule has 1 aliphatic carbocycles. The average Bonchev–Trinajstić information content (AvgIpc) is 3.67. The van der Waals surface area contributed by atoms with Crippen LogP contribution in [0.4, 0.5) is 14.6 Å². The maximum Gasteiger partial charge on any atom is 0.226 e. The van der Waals surface area contributed by atoms with Crippen molar-refractivity contribution in [1.29, 1.82) is 0 Å². The number of nitrogens with two attached hydrogens (primary N) is 1. The van der Waals surface area contributed by atoms with Crippen molar-refractivity contribution < 1.29 is 18.3 Å². The normalized spacial score (nSPS) is 17.9. The van der Waals surface area contributed by atoms with Gasteiger partial charge in [0.1, 0.15) is 23.6 Å². The second-order valence-corrected chi connectivity index (χ2v) is 9.09. The molecular formula is C26H23F2N6O2. The summed E-state index contributed by atoms with van der Waals surface area (Å²) < 4.78 is 34.9. The van der Waals surface area contributed by atoms with Gasteiger partial charge < -0.3 is 15.4 Å². The number of benzene rings is 2. The first-order chi connectivity index (χ1) is 17.5. The van der Waals surface area contributed by atoms with E-state index >= 15 is 0 Å². The van der Waals surface area contributed by atoms with E-state index in [2.05, 4.69) is 9.97 Å². The van der Waals surface area contributed by atoms with Crippen LogP contribution in [0.15, 0.2) is 48.8 Å². The molecule has 1 unspecified atom stereocenters. The molecule has 10 heteroatoms. The number of hydrogen-bond acceptors (Lipinski definition) is 6. The van der Waals surface area contributed by atoms with Crippen molar-refractivity contribution in [2.24, 2.45) is 5.92 Å². The van der Waals surface area contributed by atoms with Crippen LogP contribution < -0.4 is 10.5 Å². The number of nitrogen functional groups attached to an aromatic ring is 1.